The summed E-state index contributed by atoms with van der Waals surface area (Å²) in [4.78, 5) is 0. The van der Waals surface area contributed by atoms with Crippen molar-refractivity contribution in [3.63, 3.8) is 0 Å². The van der Waals surface area contributed by atoms with E-state index in [1.165, 1.54) is 19.4 Å². The first-order valence-electron chi connectivity index (χ1n) is 6.28. The van der Waals surface area contributed by atoms with Gasteiger partial charge in [0.2, 0.25) is 0 Å². The van der Waals surface area contributed by atoms with Gasteiger partial charge in [0, 0.05) is 0 Å². The number of hydrogen-bond donors (Lipinski definition) is 1. The van der Waals surface area contributed by atoms with Crippen molar-refractivity contribution in [2.75, 3.05) is 6.54 Å². The minimum Gasteiger partial charge on any atom is -0.147 e. The molecule has 0 heterocycles. The molecule has 17 heavy (non-hydrogen) atoms. The zero-order valence-corrected chi connectivity index (χ0v) is 15.1. The molecule has 4 heteroatoms. The smallest absolute Gasteiger partial charge is 0.147 e. The molecule has 0 radical (unpaired) electrons. The molecule has 1 nitrogen and oxygen atoms in total. The second-order valence-corrected chi connectivity index (χ2v) is 25.3. The van der Waals surface area contributed by atoms with E-state index in [0.29, 0.717) is 0 Å². The largest absolute Gasteiger partial charge is 0.147 e. The van der Waals surface area contributed by atoms with Crippen LogP contribution in [-0.2, 0) is 14.3 Å². The van der Waals surface area contributed by atoms with Crippen LogP contribution in [-0.4, -0.2) is 6.54 Å². The van der Waals surface area contributed by atoms with Crippen LogP contribution in [0.2, 0.25) is 20.9 Å². The first-order chi connectivity index (χ1) is 6.68. The molecule has 1 aliphatic carbocycles. The molecule has 0 unspecified atom stereocenters. The van der Waals surface area contributed by atoms with Gasteiger partial charge in [0.25, 0.3) is 0 Å². The minimum absolute atomic E-state index is 0. The predicted molar refractivity (Wildman–Crippen MR) is 82.7 cm³/mol. The van der Waals surface area contributed by atoms with Crippen LogP contribution in [0.5, 0.6) is 0 Å². The summed E-state index contributed by atoms with van der Waals surface area (Å²) in [5.74, 6) is 0. The van der Waals surface area contributed by atoms with E-state index in [9.17, 15) is 0 Å². The fourth-order valence-corrected chi connectivity index (χ4v) is 7.55. The second kappa shape index (κ2) is 5.80. The van der Waals surface area contributed by atoms with E-state index in [1.54, 1.807) is 3.88 Å². The van der Waals surface area contributed by atoms with Gasteiger partial charge >= 0.3 is 93.8 Å². The average Bonchev–Trinajstić information content (AvgIpc) is 2.54. The molecule has 0 aliphatic heterocycles. The fraction of sp³-hybridized carbons (Fsp3) is 0.692. The van der Waals surface area contributed by atoms with Crippen LogP contribution in [0, 0.1) is 0 Å². The molecule has 0 amide bonds. The van der Waals surface area contributed by atoms with Gasteiger partial charge in [-0.15, -0.1) is 24.8 Å². The average molecular weight is 318 g/mol. The van der Waals surface area contributed by atoms with Crippen LogP contribution in [0.3, 0.4) is 0 Å². The van der Waals surface area contributed by atoms with Gasteiger partial charge in [-0.25, -0.2) is 0 Å². The van der Waals surface area contributed by atoms with Crippen LogP contribution in [0.1, 0.15) is 26.2 Å². The Labute approximate surface area is 118 Å². The molecule has 0 aromatic rings. The zero-order chi connectivity index (χ0) is 11.6. The summed E-state index contributed by atoms with van der Waals surface area (Å²) in [6.45, 7) is 3.42. The molecule has 0 aromatic carbocycles. The first-order valence-corrected chi connectivity index (χ1v) is 14.1. The van der Waals surface area contributed by atoms with Crippen LogP contribution < -0.4 is 3.80 Å². The Balaban J connectivity index is 0. The first kappa shape index (κ1) is 20.1. The van der Waals surface area contributed by atoms with Gasteiger partial charge < -0.3 is 0 Å². The number of rotatable bonds is 5. The van der Waals surface area contributed by atoms with E-state index < -0.39 is 14.3 Å². The van der Waals surface area contributed by atoms with Crippen molar-refractivity contribution >= 4 is 24.8 Å². The molecule has 0 atom stereocenters. The summed E-state index contributed by atoms with van der Waals surface area (Å²) in [6, 6.07) is 0. The molecule has 0 saturated carbocycles. The van der Waals surface area contributed by atoms with E-state index in [4.69, 9.17) is 0 Å². The number of halogens is 2. The van der Waals surface area contributed by atoms with Crippen molar-refractivity contribution < 1.29 is 14.3 Å². The Morgan fingerprint density at radius 1 is 1.18 bits per heavy atom. The van der Waals surface area contributed by atoms with Crippen molar-refractivity contribution in [1.82, 2.24) is 3.80 Å². The van der Waals surface area contributed by atoms with Crippen molar-refractivity contribution in [3.05, 3.63) is 22.1 Å². The Morgan fingerprint density at radius 3 is 2.18 bits per heavy atom. The van der Waals surface area contributed by atoms with Gasteiger partial charge in [-0.3, -0.25) is 0 Å². The summed E-state index contributed by atoms with van der Waals surface area (Å²) in [7, 11) is 0. The maximum Gasteiger partial charge on any atom is -0.147 e. The van der Waals surface area contributed by atoms with Crippen LogP contribution in [0.15, 0.2) is 22.1 Å². The fourth-order valence-electron chi connectivity index (χ4n) is 2.22. The summed E-state index contributed by atoms with van der Waals surface area (Å²) in [6.07, 6.45) is 10.5. The van der Waals surface area contributed by atoms with Crippen molar-refractivity contribution in [2.24, 2.45) is 0 Å². The monoisotopic (exact) mass is 317 g/mol. The maximum atomic E-state index is 3.93. The number of allylic oxidation sites excluding steroid dienone is 4. The second-order valence-electron chi connectivity index (χ2n) is 7.73. The molecule has 0 aromatic heterocycles. The zero-order valence-electron chi connectivity index (χ0n) is 11.9. The third-order valence-electron chi connectivity index (χ3n) is 3.67. The van der Waals surface area contributed by atoms with Gasteiger partial charge in [0.15, 0.2) is 0 Å². The van der Waals surface area contributed by atoms with E-state index in [-0.39, 0.29) is 24.8 Å². The van der Waals surface area contributed by atoms with Crippen molar-refractivity contribution in [1.29, 1.82) is 0 Å². The van der Waals surface area contributed by atoms with Crippen LogP contribution >= 0.6 is 24.8 Å². The van der Waals surface area contributed by atoms with E-state index in [2.05, 4.69) is 49.9 Å². The normalized spacial score (nSPS) is 18.5. The summed E-state index contributed by atoms with van der Waals surface area (Å²) in [5, 5.41) is 9.98. The van der Waals surface area contributed by atoms with Gasteiger partial charge in [-0.05, 0) is 0 Å². The standard InChI is InChI=1S/C5H5.C4H10N.4CH3.2ClH.Ti/c1-2-4-5-3-1;1-2-3-4-5;;;;;;;/h1-3H,4H2;5H,2-4H2,1H3;4*1H3;2*1H;/q;-1;;;;;;;+1. The van der Waals surface area contributed by atoms with Gasteiger partial charge in [-0.2, -0.15) is 0 Å². The van der Waals surface area contributed by atoms with Crippen LogP contribution in [0.4, 0.5) is 0 Å². The molecular weight excluding hydrogens is 289 g/mol. The molecule has 0 bridgehead atoms. The van der Waals surface area contributed by atoms with Crippen molar-refractivity contribution in [3.8, 4) is 0 Å². The quantitative estimate of drug-likeness (QED) is 0.529. The Bertz CT molecular complexity index is 311. The number of hydrogen-bond acceptors (Lipinski definition) is 1. The molecule has 1 aliphatic rings. The Kier molecular flexibility index (Phi) is 6.84. The molecule has 0 spiro atoms. The summed E-state index contributed by atoms with van der Waals surface area (Å²) < 4.78 is 5.59. The van der Waals surface area contributed by atoms with Crippen LogP contribution in [0.25, 0.3) is 0 Å². The third kappa shape index (κ3) is 5.49. The molecule has 1 N–H and O–H groups in total. The number of unbranched alkanes of at least 4 members (excludes halogenated alkanes) is 1. The molecule has 0 fully saturated rings. The minimum atomic E-state index is -3.03. The van der Waals surface area contributed by atoms with Gasteiger partial charge in [0.05, 0.1) is 0 Å². The maximum absolute atomic E-state index is 3.93. The topological polar surface area (TPSA) is 12.0 Å². The van der Waals surface area contributed by atoms with E-state index >= 15 is 0 Å². The third-order valence-corrected chi connectivity index (χ3v) is 11.6. The van der Waals surface area contributed by atoms with Crippen molar-refractivity contribution in [2.45, 2.75) is 47.1 Å². The predicted octanol–water partition coefficient (Wildman–Crippen LogP) is 5.40. The number of nitrogens with one attached hydrogen (secondary N) is 1. The molecule has 1 rings (SSSR count). The Hall–Kier alpha value is 0.734. The molecular formula is C13H29Cl2NTi. The Morgan fingerprint density at radius 2 is 1.76 bits per heavy atom. The van der Waals surface area contributed by atoms with E-state index in [0.717, 1.165) is 6.42 Å². The molecule has 0 saturated heterocycles. The molecule has 104 valence electrons. The van der Waals surface area contributed by atoms with E-state index in [1.807, 2.05) is 0 Å². The van der Waals surface area contributed by atoms with Gasteiger partial charge in [-0.1, -0.05) is 0 Å². The SMILES string of the molecule is CCCC[NH][Ti]([CH3])([CH3])([CH3])([CH3])[C]1=CC=CC1.Cl.Cl. The summed E-state index contributed by atoms with van der Waals surface area (Å²) >= 11 is -3.03. The summed E-state index contributed by atoms with van der Waals surface area (Å²) in [5.41, 5.74) is 0. The van der Waals surface area contributed by atoms with Gasteiger partial charge in [0.1, 0.15) is 0 Å².